The van der Waals surface area contributed by atoms with E-state index in [1.165, 1.54) is 18.2 Å². The van der Waals surface area contributed by atoms with Crippen LogP contribution in [-0.4, -0.2) is 15.6 Å². The summed E-state index contributed by atoms with van der Waals surface area (Å²) in [6, 6.07) is 7.21. The second-order valence-corrected chi connectivity index (χ2v) is 5.43. The van der Waals surface area contributed by atoms with Crippen LogP contribution in [0.1, 0.15) is 42.7 Å². The summed E-state index contributed by atoms with van der Waals surface area (Å²) in [4.78, 5) is 23.8. The van der Waals surface area contributed by atoms with Crippen LogP contribution in [0.3, 0.4) is 0 Å². The van der Waals surface area contributed by atoms with E-state index in [-0.39, 0.29) is 11.4 Å². The molecular weight excluding hydrogens is 297 g/mol. The molecule has 0 aliphatic heterocycles. The van der Waals surface area contributed by atoms with Crippen LogP contribution in [0.2, 0.25) is 0 Å². The molecule has 0 bridgehead atoms. The van der Waals surface area contributed by atoms with E-state index < -0.39 is 11.4 Å². The molecule has 0 aliphatic carbocycles. The highest BCUT2D eigenvalue weighted by molar-refractivity contribution is 5.89. The van der Waals surface area contributed by atoms with Crippen molar-refractivity contribution in [3.05, 3.63) is 57.6 Å². The maximum Gasteiger partial charge on any atom is 0.341 e. The molecule has 1 aromatic carbocycles. The van der Waals surface area contributed by atoms with Crippen molar-refractivity contribution in [2.45, 2.75) is 39.7 Å². The van der Waals surface area contributed by atoms with Crippen LogP contribution in [0.25, 0.3) is 11.3 Å². The number of rotatable bonds is 6. The van der Waals surface area contributed by atoms with Gasteiger partial charge in [0.2, 0.25) is 0 Å². The maximum atomic E-state index is 13.2. The lowest BCUT2D eigenvalue weighted by molar-refractivity contribution is 0.0693. The van der Waals surface area contributed by atoms with E-state index >= 15 is 0 Å². The van der Waals surface area contributed by atoms with E-state index in [9.17, 15) is 19.1 Å². The molecule has 2 aromatic rings. The third-order valence-electron chi connectivity index (χ3n) is 3.71. The molecule has 0 radical (unpaired) electrons. The first-order valence-corrected chi connectivity index (χ1v) is 7.75. The van der Waals surface area contributed by atoms with Gasteiger partial charge in [0, 0.05) is 18.3 Å². The van der Waals surface area contributed by atoms with Crippen LogP contribution >= 0.6 is 0 Å². The lowest BCUT2D eigenvalue weighted by Crippen LogP contribution is -2.24. The zero-order valence-electron chi connectivity index (χ0n) is 13.3. The fourth-order valence-electron chi connectivity index (χ4n) is 2.76. The first-order valence-electron chi connectivity index (χ1n) is 7.75. The zero-order chi connectivity index (χ0) is 17.0. The molecule has 0 amide bonds. The summed E-state index contributed by atoms with van der Waals surface area (Å²) in [6.45, 7) is 4.53. The Kier molecular flexibility index (Phi) is 5.32. The van der Waals surface area contributed by atoms with E-state index in [4.69, 9.17) is 0 Å². The summed E-state index contributed by atoms with van der Waals surface area (Å²) < 4.78 is 15.0. The quantitative estimate of drug-likeness (QED) is 0.883. The molecule has 122 valence electrons. The summed E-state index contributed by atoms with van der Waals surface area (Å²) in [5, 5.41) is 9.40. The van der Waals surface area contributed by atoms with Crippen LogP contribution in [0, 0.1) is 5.82 Å². The van der Waals surface area contributed by atoms with E-state index in [1.54, 1.807) is 12.1 Å². The van der Waals surface area contributed by atoms with Crippen molar-refractivity contribution in [1.29, 1.82) is 0 Å². The van der Waals surface area contributed by atoms with Crippen molar-refractivity contribution in [3.63, 3.8) is 0 Å². The van der Waals surface area contributed by atoms with Crippen molar-refractivity contribution in [1.82, 2.24) is 4.57 Å². The lowest BCUT2D eigenvalue weighted by atomic mass is 10.0. The second-order valence-electron chi connectivity index (χ2n) is 5.43. The van der Waals surface area contributed by atoms with Gasteiger partial charge >= 0.3 is 5.97 Å². The molecule has 2 rings (SSSR count). The van der Waals surface area contributed by atoms with Crippen molar-refractivity contribution in [2.24, 2.45) is 0 Å². The van der Waals surface area contributed by atoms with Crippen LogP contribution < -0.4 is 5.43 Å². The Morgan fingerprint density at radius 3 is 2.35 bits per heavy atom. The van der Waals surface area contributed by atoms with Gasteiger partial charge in [-0.3, -0.25) is 4.79 Å². The van der Waals surface area contributed by atoms with Gasteiger partial charge in [-0.1, -0.05) is 20.3 Å². The minimum atomic E-state index is -1.20. The molecule has 1 N–H and O–H groups in total. The number of carboxylic acids is 1. The fraction of sp³-hybridized carbons (Fsp3) is 0.333. The van der Waals surface area contributed by atoms with Crippen LogP contribution in [-0.2, 0) is 13.0 Å². The van der Waals surface area contributed by atoms with Crippen molar-refractivity contribution in [2.75, 3.05) is 0 Å². The Morgan fingerprint density at radius 2 is 1.83 bits per heavy atom. The molecule has 0 unspecified atom stereocenters. The molecule has 0 aliphatic rings. The van der Waals surface area contributed by atoms with Gasteiger partial charge in [-0.2, -0.15) is 0 Å². The van der Waals surface area contributed by atoms with E-state index in [0.717, 1.165) is 12.8 Å². The first-order chi connectivity index (χ1) is 11.0. The highest BCUT2D eigenvalue weighted by Gasteiger charge is 2.20. The third-order valence-corrected chi connectivity index (χ3v) is 3.71. The van der Waals surface area contributed by atoms with Gasteiger partial charge in [0.15, 0.2) is 5.43 Å². The molecule has 0 saturated carbocycles. The standard InChI is InChI=1S/C18H20FNO3/c1-3-5-14-17(18(22)23)16(21)11-15(20(14)10-4-2)12-6-8-13(19)9-7-12/h6-9,11H,3-5,10H2,1-2H3,(H,22,23). The third kappa shape index (κ3) is 3.50. The fourth-order valence-corrected chi connectivity index (χ4v) is 2.76. The molecule has 0 fully saturated rings. The molecular formula is C18H20FNO3. The van der Waals surface area contributed by atoms with Gasteiger partial charge in [0.25, 0.3) is 0 Å². The summed E-state index contributed by atoms with van der Waals surface area (Å²) in [5.41, 5.74) is 1.20. The smallest absolute Gasteiger partial charge is 0.341 e. The van der Waals surface area contributed by atoms with Gasteiger partial charge in [-0.25, -0.2) is 9.18 Å². The highest BCUT2D eigenvalue weighted by atomic mass is 19.1. The molecule has 4 nitrogen and oxygen atoms in total. The Labute approximate surface area is 134 Å². The van der Waals surface area contributed by atoms with E-state index in [1.807, 2.05) is 18.4 Å². The topological polar surface area (TPSA) is 59.3 Å². The van der Waals surface area contributed by atoms with Crippen LogP contribution in [0.15, 0.2) is 35.1 Å². The Balaban J connectivity index is 2.78. The number of hydrogen-bond acceptors (Lipinski definition) is 2. The van der Waals surface area contributed by atoms with E-state index in [0.29, 0.717) is 29.9 Å². The largest absolute Gasteiger partial charge is 0.477 e. The average molecular weight is 317 g/mol. The number of pyridine rings is 1. The van der Waals surface area contributed by atoms with E-state index in [2.05, 4.69) is 0 Å². The summed E-state index contributed by atoms with van der Waals surface area (Å²) >= 11 is 0. The van der Waals surface area contributed by atoms with Gasteiger partial charge in [-0.15, -0.1) is 0 Å². The molecule has 5 heteroatoms. The van der Waals surface area contributed by atoms with Crippen molar-refractivity contribution in [3.8, 4) is 11.3 Å². The number of hydrogen-bond donors (Lipinski definition) is 1. The lowest BCUT2D eigenvalue weighted by Gasteiger charge is -2.20. The van der Waals surface area contributed by atoms with Gasteiger partial charge in [0.1, 0.15) is 11.4 Å². The normalized spacial score (nSPS) is 10.7. The van der Waals surface area contributed by atoms with Gasteiger partial charge < -0.3 is 9.67 Å². The van der Waals surface area contributed by atoms with Gasteiger partial charge in [-0.05, 0) is 42.7 Å². The van der Waals surface area contributed by atoms with Gasteiger partial charge in [0.05, 0.1) is 5.69 Å². The maximum absolute atomic E-state index is 13.2. The van der Waals surface area contributed by atoms with Crippen LogP contribution in [0.5, 0.6) is 0 Å². The SMILES string of the molecule is CCCc1c(C(=O)O)c(=O)cc(-c2ccc(F)cc2)n1CCC. The van der Waals surface area contributed by atoms with Crippen LogP contribution in [0.4, 0.5) is 4.39 Å². The molecule has 0 saturated heterocycles. The van der Waals surface area contributed by atoms with Crippen molar-refractivity contribution < 1.29 is 14.3 Å². The molecule has 1 aromatic heterocycles. The molecule has 0 spiro atoms. The monoisotopic (exact) mass is 317 g/mol. The minimum absolute atomic E-state index is 0.161. The second kappa shape index (κ2) is 7.22. The highest BCUT2D eigenvalue weighted by Crippen LogP contribution is 2.23. The number of carboxylic acid groups (broad SMARTS) is 1. The summed E-state index contributed by atoms with van der Waals surface area (Å²) in [5.74, 6) is -1.55. The zero-order valence-corrected chi connectivity index (χ0v) is 13.3. The Morgan fingerprint density at radius 1 is 1.17 bits per heavy atom. The predicted molar refractivity (Wildman–Crippen MR) is 87.3 cm³/mol. The summed E-state index contributed by atoms with van der Waals surface area (Å²) in [7, 11) is 0. The predicted octanol–water partition coefficient (Wildman–Crippen LogP) is 3.72. The Bertz CT molecular complexity index is 763. The first kappa shape index (κ1) is 16.9. The minimum Gasteiger partial charge on any atom is -0.477 e. The molecule has 0 atom stereocenters. The number of nitrogens with zero attached hydrogens (tertiary/aromatic N) is 1. The number of carbonyl (C=O) groups is 1. The molecule has 23 heavy (non-hydrogen) atoms. The van der Waals surface area contributed by atoms with Crippen molar-refractivity contribution >= 4 is 5.97 Å². The number of benzene rings is 1. The number of aromatic carboxylic acids is 1. The average Bonchev–Trinajstić information content (AvgIpc) is 2.50. The Hall–Kier alpha value is -2.43. The summed E-state index contributed by atoms with van der Waals surface area (Å²) in [6.07, 6.45) is 2.04. The number of halogens is 1. The number of aromatic nitrogens is 1. The molecule has 1 heterocycles.